The lowest BCUT2D eigenvalue weighted by Crippen LogP contribution is -2.11. The van der Waals surface area contributed by atoms with Gasteiger partial charge in [-0.05, 0) is 62.2 Å². The number of hydrogen-bond donors (Lipinski definition) is 1. The van der Waals surface area contributed by atoms with Gasteiger partial charge in [0, 0.05) is 12.1 Å². The van der Waals surface area contributed by atoms with Crippen molar-refractivity contribution >= 4 is 31.9 Å². The molecule has 2 aromatic carbocycles. The predicted molar refractivity (Wildman–Crippen MR) is 90.0 cm³/mol. The lowest BCUT2D eigenvalue weighted by atomic mass is 10.2. The van der Waals surface area contributed by atoms with Crippen LogP contribution in [0.15, 0.2) is 45.3 Å². The highest BCUT2D eigenvalue weighted by molar-refractivity contribution is 9.10. The molecule has 0 saturated carbocycles. The minimum absolute atomic E-state index is 0.281. The summed E-state index contributed by atoms with van der Waals surface area (Å²) in [6.07, 6.45) is 0. The second kappa shape index (κ2) is 7.92. The number of benzene rings is 2. The molecule has 0 amide bonds. The molecular formula is C16H16Br2FNO. The molecule has 0 aliphatic rings. The van der Waals surface area contributed by atoms with E-state index in [4.69, 9.17) is 4.74 Å². The van der Waals surface area contributed by atoms with E-state index in [1.165, 1.54) is 11.6 Å². The summed E-state index contributed by atoms with van der Waals surface area (Å²) in [7, 11) is 0. The van der Waals surface area contributed by atoms with Gasteiger partial charge in [0.2, 0.25) is 0 Å². The van der Waals surface area contributed by atoms with Gasteiger partial charge < -0.3 is 10.1 Å². The molecule has 0 unspecified atom stereocenters. The van der Waals surface area contributed by atoms with Crippen molar-refractivity contribution < 1.29 is 9.13 Å². The zero-order valence-corrected chi connectivity index (χ0v) is 14.8. The van der Waals surface area contributed by atoms with Gasteiger partial charge in [-0.2, -0.15) is 0 Å². The van der Waals surface area contributed by atoms with Gasteiger partial charge in [0.15, 0.2) is 0 Å². The van der Waals surface area contributed by atoms with Crippen LogP contribution in [0.25, 0.3) is 0 Å². The number of halogens is 3. The number of ether oxygens (including phenoxy) is 1. The van der Waals surface area contributed by atoms with E-state index in [1.54, 1.807) is 6.07 Å². The Kier molecular flexibility index (Phi) is 6.21. The van der Waals surface area contributed by atoms with Gasteiger partial charge in [-0.3, -0.25) is 0 Å². The van der Waals surface area contributed by atoms with E-state index in [0.717, 1.165) is 28.9 Å². The van der Waals surface area contributed by atoms with Crippen molar-refractivity contribution in [3.63, 3.8) is 0 Å². The van der Waals surface area contributed by atoms with E-state index < -0.39 is 0 Å². The van der Waals surface area contributed by atoms with E-state index in [0.29, 0.717) is 11.1 Å². The minimum Gasteiger partial charge on any atom is -0.488 e. The molecule has 5 heteroatoms. The van der Waals surface area contributed by atoms with Crippen LogP contribution in [-0.2, 0) is 13.2 Å². The Morgan fingerprint density at radius 1 is 1.19 bits per heavy atom. The smallest absolute Gasteiger partial charge is 0.137 e. The number of rotatable bonds is 6. The van der Waals surface area contributed by atoms with Crippen LogP contribution in [0.2, 0.25) is 0 Å². The van der Waals surface area contributed by atoms with Crippen LogP contribution in [0, 0.1) is 5.82 Å². The van der Waals surface area contributed by atoms with Crippen LogP contribution in [0.5, 0.6) is 5.75 Å². The first-order valence-corrected chi connectivity index (χ1v) is 8.25. The Labute approximate surface area is 141 Å². The maximum atomic E-state index is 13.4. The van der Waals surface area contributed by atoms with Gasteiger partial charge in [-0.15, -0.1) is 0 Å². The van der Waals surface area contributed by atoms with E-state index in [-0.39, 0.29) is 5.82 Å². The first kappa shape index (κ1) is 16.5. The van der Waals surface area contributed by atoms with Gasteiger partial charge >= 0.3 is 0 Å². The average Bonchev–Trinajstić information content (AvgIpc) is 2.48. The fourth-order valence-corrected chi connectivity index (χ4v) is 2.78. The predicted octanol–water partition coefficient (Wildman–Crippen LogP) is 5.04. The van der Waals surface area contributed by atoms with Crippen LogP contribution in [0.1, 0.15) is 18.1 Å². The van der Waals surface area contributed by atoms with Gasteiger partial charge in [0.25, 0.3) is 0 Å². The summed E-state index contributed by atoms with van der Waals surface area (Å²) in [4.78, 5) is 0. The SMILES string of the molecule is CCNCc1ccc(OCc2cccc(F)c2Br)c(Br)c1. The molecule has 0 aliphatic carbocycles. The van der Waals surface area contributed by atoms with Crippen molar-refractivity contribution in [3.05, 3.63) is 62.3 Å². The highest BCUT2D eigenvalue weighted by Crippen LogP contribution is 2.28. The lowest BCUT2D eigenvalue weighted by molar-refractivity contribution is 0.302. The summed E-state index contributed by atoms with van der Waals surface area (Å²) in [5.74, 6) is 0.461. The van der Waals surface area contributed by atoms with Crippen molar-refractivity contribution in [2.75, 3.05) is 6.54 Å². The van der Waals surface area contributed by atoms with Crippen molar-refractivity contribution in [1.82, 2.24) is 5.32 Å². The topological polar surface area (TPSA) is 21.3 Å². The monoisotopic (exact) mass is 415 g/mol. The summed E-state index contributed by atoms with van der Waals surface area (Å²) in [5, 5.41) is 3.27. The minimum atomic E-state index is -0.281. The summed E-state index contributed by atoms with van der Waals surface area (Å²) < 4.78 is 20.5. The molecule has 2 nitrogen and oxygen atoms in total. The number of hydrogen-bond acceptors (Lipinski definition) is 2. The van der Waals surface area contributed by atoms with Gasteiger partial charge in [-0.1, -0.05) is 25.1 Å². The molecule has 0 heterocycles. The average molecular weight is 417 g/mol. The largest absolute Gasteiger partial charge is 0.488 e. The molecule has 1 N–H and O–H groups in total. The van der Waals surface area contributed by atoms with Gasteiger partial charge in [-0.25, -0.2) is 4.39 Å². The molecule has 0 aliphatic heterocycles. The molecule has 0 spiro atoms. The van der Waals surface area contributed by atoms with Crippen LogP contribution in [-0.4, -0.2) is 6.54 Å². The van der Waals surface area contributed by atoms with Crippen LogP contribution in [0.3, 0.4) is 0 Å². The first-order valence-electron chi connectivity index (χ1n) is 6.66. The van der Waals surface area contributed by atoms with Gasteiger partial charge in [0.05, 0.1) is 8.95 Å². The molecular weight excluding hydrogens is 401 g/mol. The fraction of sp³-hybridized carbons (Fsp3) is 0.250. The second-order valence-corrected chi connectivity index (χ2v) is 6.19. The Balaban J connectivity index is 2.04. The zero-order valence-electron chi connectivity index (χ0n) is 11.6. The fourth-order valence-electron chi connectivity index (χ4n) is 1.86. The Morgan fingerprint density at radius 3 is 2.71 bits per heavy atom. The van der Waals surface area contributed by atoms with Crippen LogP contribution < -0.4 is 10.1 Å². The Morgan fingerprint density at radius 2 is 2.00 bits per heavy atom. The third-order valence-electron chi connectivity index (χ3n) is 2.99. The Hall–Kier alpha value is -0.910. The Bertz CT molecular complexity index is 619. The standard InChI is InChI=1S/C16H16Br2FNO/c1-2-20-9-11-6-7-15(13(17)8-11)21-10-12-4-3-5-14(19)16(12)18/h3-8,20H,2,9-10H2,1H3. The highest BCUT2D eigenvalue weighted by Gasteiger charge is 2.08. The van der Waals surface area contributed by atoms with Crippen molar-refractivity contribution in [3.8, 4) is 5.75 Å². The molecule has 0 bridgehead atoms. The molecule has 0 aromatic heterocycles. The third-order valence-corrected chi connectivity index (χ3v) is 4.50. The normalized spacial score (nSPS) is 10.7. The maximum Gasteiger partial charge on any atom is 0.137 e. The second-order valence-electron chi connectivity index (χ2n) is 4.55. The van der Waals surface area contributed by atoms with E-state index >= 15 is 0 Å². The summed E-state index contributed by atoms with van der Waals surface area (Å²) in [6, 6.07) is 10.9. The molecule has 0 fully saturated rings. The summed E-state index contributed by atoms with van der Waals surface area (Å²) >= 11 is 6.74. The summed E-state index contributed by atoms with van der Waals surface area (Å²) in [6.45, 7) is 4.14. The van der Waals surface area contributed by atoms with Crippen LogP contribution in [0.4, 0.5) is 4.39 Å². The molecule has 0 atom stereocenters. The molecule has 0 saturated heterocycles. The quantitative estimate of drug-likeness (QED) is 0.712. The first-order chi connectivity index (χ1) is 10.1. The molecule has 112 valence electrons. The number of nitrogens with one attached hydrogen (secondary N) is 1. The van der Waals surface area contributed by atoms with E-state index in [9.17, 15) is 4.39 Å². The zero-order chi connectivity index (χ0) is 15.2. The van der Waals surface area contributed by atoms with Crippen molar-refractivity contribution in [2.45, 2.75) is 20.1 Å². The van der Waals surface area contributed by atoms with E-state index in [1.807, 2.05) is 24.3 Å². The van der Waals surface area contributed by atoms with Gasteiger partial charge in [0.1, 0.15) is 18.2 Å². The van der Waals surface area contributed by atoms with Crippen molar-refractivity contribution in [1.29, 1.82) is 0 Å². The van der Waals surface area contributed by atoms with E-state index in [2.05, 4.69) is 44.1 Å². The van der Waals surface area contributed by atoms with Crippen LogP contribution >= 0.6 is 31.9 Å². The molecule has 2 aromatic rings. The summed E-state index contributed by atoms with van der Waals surface area (Å²) in [5.41, 5.74) is 1.96. The maximum absolute atomic E-state index is 13.4. The molecule has 0 radical (unpaired) electrons. The van der Waals surface area contributed by atoms with Crippen molar-refractivity contribution in [2.24, 2.45) is 0 Å². The lowest BCUT2D eigenvalue weighted by Gasteiger charge is -2.11. The highest BCUT2D eigenvalue weighted by atomic mass is 79.9. The third kappa shape index (κ3) is 4.53. The molecule has 2 rings (SSSR count). The molecule has 21 heavy (non-hydrogen) atoms.